The Morgan fingerprint density at radius 3 is 2.47 bits per heavy atom. The highest BCUT2D eigenvalue weighted by Crippen LogP contribution is 2.57. The Bertz CT molecular complexity index is 1340. The molecule has 3 heterocycles. The predicted octanol–water partition coefficient (Wildman–Crippen LogP) is 7.61. The Kier molecular flexibility index (Phi) is 6.76. The zero-order valence-electron chi connectivity index (χ0n) is 21.2. The van der Waals surface area contributed by atoms with Crippen LogP contribution in [0.4, 0.5) is 4.39 Å². The number of carbonyl (C=O) groups excluding carboxylic acids is 2. The molecule has 3 aliphatic rings. The Balaban J connectivity index is 0.00000130. The average molecular weight is 527 g/mol. The quantitative estimate of drug-likeness (QED) is 0.328. The van der Waals surface area contributed by atoms with Crippen LogP contribution in [0.15, 0.2) is 42.6 Å². The van der Waals surface area contributed by atoms with Crippen molar-refractivity contribution in [2.75, 3.05) is 13.1 Å². The third-order valence-corrected chi connectivity index (χ3v) is 10.3. The van der Waals surface area contributed by atoms with Gasteiger partial charge in [-0.3, -0.25) is 9.59 Å². The summed E-state index contributed by atoms with van der Waals surface area (Å²) in [6.07, 6.45) is 7.06. The molecule has 0 bridgehead atoms. The molecular weight excluding hydrogens is 494 g/mol. The molecule has 1 aliphatic carbocycles. The minimum atomic E-state index is -0.367. The van der Waals surface area contributed by atoms with Gasteiger partial charge in [0.1, 0.15) is 5.82 Å². The van der Waals surface area contributed by atoms with Gasteiger partial charge in [-0.2, -0.15) is 0 Å². The highest BCUT2D eigenvalue weighted by molar-refractivity contribution is 7.60. The van der Waals surface area contributed by atoms with Gasteiger partial charge in [0.25, 0.3) is 5.91 Å². The van der Waals surface area contributed by atoms with Gasteiger partial charge in [0, 0.05) is 47.0 Å². The summed E-state index contributed by atoms with van der Waals surface area (Å²) in [5, 5.41) is 1.37. The first-order valence-corrected chi connectivity index (χ1v) is 14.4. The highest BCUT2D eigenvalue weighted by Gasteiger charge is 2.46. The van der Waals surface area contributed by atoms with E-state index < -0.39 is 0 Å². The van der Waals surface area contributed by atoms with Crippen LogP contribution in [0.1, 0.15) is 79.2 Å². The van der Waals surface area contributed by atoms with E-state index in [0.29, 0.717) is 29.1 Å². The van der Waals surface area contributed by atoms with Gasteiger partial charge in [-0.1, -0.05) is 44.5 Å². The number of amides is 1. The van der Waals surface area contributed by atoms with Gasteiger partial charge in [0.15, 0.2) is 5.52 Å². The van der Waals surface area contributed by atoms with E-state index in [1.807, 2.05) is 43.1 Å². The summed E-state index contributed by atoms with van der Waals surface area (Å²) >= 11 is 6.32. The number of fused-ring (bicyclic) bond motifs is 3. The van der Waals surface area contributed by atoms with E-state index in [1.165, 1.54) is 25.0 Å². The second-order valence-electron chi connectivity index (χ2n) is 10.2. The molecule has 0 N–H and O–H groups in total. The first-order valence-electron chi connectivity index (χ1n) is 13.0. The standard InChI is InChI=1S/C27H27ClFN2O2P.C2H6/c1-2-26(7-8-26)16-31-15-21(19-5-3-17(28)13-23(19)31)24(32)30-11-9-27(10-12-30)22-6-4-18(29)14-20(22)25(33)34-27;1-2/h3-6,13-15,34H,2,7-12,16H2,1H3;1-2H3. The molecule has 1 aromatic heterocycles. The van der Waals surface area contributed by atoms with Gasteiger partial charge in [0.05, 0.1) is 11.1 Å². The number of piperidine rings is 1. The van der Waals surface area contributed by atoms with E-state index in [2.05, 4.69) is 11.5 Å². The Labute approximate surface area is 219 Å². The number of nitrogens with zero attached hydrogens (tertiary/aromatic N) is 2. The number of benzene rings is 2. The SMILES string of the molecule is CC.CCC1(Cn2cc(C(=O)N3CCC4(CC3)PC(=O)c3cc(F)ccc34)c3ccc(Cl)cc32)CC1. The lowest BCUT2D eigenvalue weighted by molar-refractivity contribution is 0.0705. The molecule has 190 valence electrons. The molecule has 1 amide bonds. The van der Waals surface area contributed by atoms with E-state index in [1.54, 1.807) is 6.07 Å². The van der Waals surface area contributed by atoms with Crippen molar-refractivity contribution < 1.29 is 14.0 Å². The molecule has 2 fully saturated rings. The van der Waals surface area contributed by atoms with Crippen LogP contribution < -0.4 is 0 Å². The third kappa shape index (κ3) is 4.29. The maximum absolute atomic E-state index is 13.7. The van der Waals surface area contributed by atoms with Crippen LogP contribution in [0.25, 0.3) is 10.9 Å². The minimum Gasteiger partial charge on any atom is -0.346 e. The number of halogens is 2. The molecule has 1 atom stereocenters. The fourth-order valence-corrected chi connectivity index (χ4v) is 7.63. The molecule has 1 spiro atoms. The number of likely N-dealkylation sites (tertiary alicyclic amines) is 1. The lowest BCUT2D eigenvalue weighted by Gasteiger charge is -2.39. The van der Waals surface area contributed by atoms with E-state index in [4.69, 9.17) is 11.6 Å². The van der Waals surface area contributed by atoms with Gasteiger partial charge in [-0.15, -0.1) is 0 Å². The van der Waals surface area contributed by atoms with Gasteiger partial charge in [0.2, 0.25) is 0 Å². The Hall–Kier alpha value is -2.23. The number of rotatable bonds is 4. The molecule has 2 aromatic carbocycles. The summed E-state index contributed by atoms with van der Waals surface area (Å²) in [6, 6.07) is 10.4. The van der Waals surface area contributed by atoms with Crippen LogP contribution in [-0.4, -0.2) is 34.0 Å². The Morgan fingerprint density at radius 2 is 1.81 bits per heavy atom. The largest absolute Gasteiger partial charge is 0.346 e. The van der Waals surface area contributed by atoms with E-state index in [-0.39, 0.29) is 31.0 Å². The molecule has 1 unspecified atom stereocenters. The van der Waals surface area contributed by atoms with Crippen LogP contribution in [0.2, 0.25) is 5.02 Å². The van der Waals surface area contributed by atoms with E-state index in [0.717, 1.165) is 47.8 Å². The number of aromatic nitrogens is 1. The van der Waals surface area contributed by atoms with Gasteiger partial charge in [-0.25, -0.2) is 4.39 Å². The topological polar surface area (TPSA) is 42.3 Å². The molecule has 3 aromatic rings. The van der Waals surface area contributed by atoms with E-state index >= 15 is 0 Å². The summed E-state index contributed by atoms with van der Waals surface area (Å²) < 4.78 is 15.9. The second kappa shape index (κ2) is 9.58. The molecule has 1 saturated heterocycles. The number of hydrogen-bond donors (Lipinski definition) is 0. The van der Waals surface area contributed by atoms with Crippen molar-refractivity contribution in [2.45, 2.75) is 64.6 Å². The maximum atomic E-state index is 13.7. The van der Waals surface area contributed by atoms with Gasteiger partial charge < -0.3 is 9.47 Å². The number of carbonyl (C=O) groups is 2. The molecule has 7 heteroatoms. The van der Waals surface area contributed by atoms with Crippen LogP contribution in [-0.2, 0) is 11.7 Å². The van der Waals surface area contributed by atoms with Gasteiger partial charge in [-0.05, 0) is 75.9 Å². The minimum absolute atomic E-state index is 0.0363. The Morgan fingerprint density at radius 1 is 1.08 bits per heavy atom. The first-order chi connectivity index (χ1) is 17.3. The van der Waals surface area contributed by atoms with Crippen molar-refractivity contribution in [3.05, 3.63) is 70.1 Å². The zero-order valence-corrected chi connectivity index (χ0v) is 22.9. The van der Waals surface area contributed by atoms with E-state index in [9.17, 15) is 14.0 Å². The first kappa shape index (κ1) is 25.4. The summed E-state index contributed by atoms with van der Waals surface area (Å²) in [4.78, 5) is 28.2. The summed E-state index contributed by atoms with van der Waals surface area (Å²) in [6.45, 7) is 8.33. The monoisotopic (exact) mass is 526 g/mol. The zero-order chi connectivity index (χ0) is 25.7. The van der Waals surface area contributed by atoms with Crippen LogP contribution >= 0.6 is 20.2 Å². The molecule has 0 radical (unpaired) electrons. The maximum Gasteiger partial charge on any atom is 0.256 e. The van der Waals surface area contributed by atoms with Crippen molar-refractivity contribution in [1.29, 1.82) is 0 Å². The van der Waals surface area contributed by atoms with Crippen molar-refractivity contribution in [3.8, 4) is 0 Å². The molecule has 4 nitrogen and oxygen atoms in total. The molecule has 2 aliphatic heterocycles. The summed E-state index contributed by atoms with van der Waals surface area (Å²) in [7, 11) is 0.111. The van der Waals surface area contributed by atoms with Crippen LogP contribution in [0.3, 0.4) is 0 Å². The predicted molar refractivity (Wildman–Crippen MR) is 146 cm³/mol. The van der Waals surface area contributed by atoms with Crippen molar-refractivity contribution in [3.63, 3.8) is 0 Å². The fourth-order valence-electron chi connectivity index (χ4n) is 5.86. The summed E-state index contributed by atoms with van der Waals surface area (Å²) in [5.41, 5.74) is 3.62. The van der Waals surface area contributed by atoms with Crippen molar-refractivity contribution >= 4 is 42.5 Å². The second-order valence-corrected chi connectivity index (χ2v) is 12.3. The number of hydrogen-bond acceptors (Lipinski definition) is 2. The van der Waals surface area contributed by atoms with Crippen molar-refractivity contribution in [2.24, 2.45) is 5.41 Å². The summed E-state index contributed by atoms with van der Waals surface area (Å²) in [5.74, 6) is -0.330. The smallest absolute Gasteiger partial charge is 0.256 e. The molecular formula is C29H33ClFN2O2P. The normalized spacial score (nSPS) is 19.9. The molecule has 36 heavy (non-hydrogen) atoms. The average Bonchev–Trinajstić information content (AvgIpc) is 3.52. The fraction of sp³-hybridized carbons (Fsp3) is 0.448. The van der Waals surface area contributed by atoms with Crippen LogP contribution in [0, 0.1) is 11.2 Å². The molecule has 1 saturated carbocycles. The highest BCUT2D eigenvalue weighted by atomic mass is 35.5. The molecule has 6 rings (SSSR count). The van der Waals surface area contributed by atoms with Crippen molar-refractivity contribution in [1.82, 2.24) is 9.47 Å². The third-order valence-electron chi connectivity index (χ3n) is 8.29. The lowest BCUT2D eigenvalue weighted by Crippen LogP contribution is -2.42. The van der Waals surface area contributed by atoms with Gasteiger partial charge >= 0.3 is 0 Å². The lowest BCUT2D eigenvalue weighted by atomic mass is 9.86. The van der Waals surface area contributed by atoms with Crippen LogP contribution in [0.5, 0.6) is 0 Å².